The third-order valence-electron chi connectivity index (χ3n) is 6.98. The fourth-order valence-corrected chi connectivity index (χ4v) is 7.38. The smallest absolute Gasteiger partial charge is 0.217 e. The summed E-state index contributed by atoms with van der Waals surface area (Å²) in [6.45, 7) is 20.1. The largest absolute Gasteiger partial charge is 0.376 e. The average molecular weight is 657 g/mol. The first-order chi connectivity index (χ1) is 20.0. The highest BCUT2D eigenvalue weighted by Gasteiger charge is 2.45. The number of hydrogen-bond acceptors (Lipinski definition) is 9. The molecule has 3 saturated heterocycles. The number of ether oxygens (including phenoxy) is 5. The van der Waals surface area contributed by atoms with E-state index in [2.05, 4.69) is 13.8 Å². The zero-order chi connectivity index (χ0) is 32.4. The molecule has 0 unspecified atom stereocenters. The second-order valence-electron chi connectivity index (χ2n) is 13.1. The fourth-order valence-electron chi connectivity index (χ4n) is 4.61. The van der Waals surface area contributed by atoms with Crippen molar-refractivity contribution in [3.8, 4) is 0 Å². The van der Waals surface area contributed by atoms with Gasteiger partial charge in [-0.3, -0.25) is 0 Å². The molecule has 0 amide bonds. The van der Waals surface area contributed by atoms with Gasteiger partial charge >= 0.3 is 0 Å². The minimum atomic E-state index is -3.00. The van der Waals surface area contributed by atoms with Gasteiger partial charge in [-0.05, 0) is 93.9 Å². The van der Waals surface area contributed by atoms with Gasteiger partial charge in [-0.15, -0.1) is 0 Å². The summed E-state index contributed by atoms with van der Waals surface area (Å²) in [6, 6.07) is 0. The topological polar surface area (TPSA) is 121 Å². The highest BCUT2D eigenvalue weighted by molar-refractivity contribution is 7.90. The second-order valence-corrected chi connectivity index (χ2v) is 17.3. The Morgan fingerprint density at radius 2 is 0.953 bits per heavy atom. The summed E-state index contributed by atoms with van der Waals surface area (Å²) in [5.74, 6) is 0. The van der Waals surface area contributed by atoms with E-state index in [4.69, 9.17) is 23.7 Å². The van der Waals surface area contributed by atoms with E-state index < -0.39 is 20.0 Å². The minimum Gasteiger partial charge on any atom is -0.376 e. The molecule has 2 aliphatic carbocycles. The van der Waals surface area contributed by atoms with Gasteiger partial charge in [0, 0.05) is 26.2 Å². The van der Waals surface area contributed by atoms with E-state index in [1.165, 1.54) is 23.4 Å². The Hall–Kier alpha value is -0.380. The number of piperidine rings is 1. The maximum Gasteiger partial charge on any atom is 0.217 e. The van der Waals surface area contributed by atoms with Crippen LogP contribution in [-0.2, 0) is 43.7 Å². The molecule has 5 fully saturated rings. The molecule has 5 rings (SSSR count). The van der Waals surface area contributed by atoms with Crippen molar-refractivity contribution in [3.05, 3.63) is 0 Å². The van der Waals surface area contributed by atoms with Gasteiger partial charge in [0.05, 0.1) is 67.4 Å². The van der Waals surface area contributed by atoms with E-state index >= 15 is 0 Å². The molecule has 0 aromatic heterocycles. The normalized spacial score (nSPS) is 22.7. The third-order valence-corrected chi connectivity index (χ3v) is 10.6. The van der Waals surface area contributed by atoms with E-state index in [9.17, 15) is 16.8 Å². The SMILES string of the molecule is CC(C)OC1CC1.CC(C)OC1CCN(S(C)(=O)=O)CC1.CC(C)OC1CN(S(=O)(=O)C2CC2)C1.CC(C)OC1COC1. The van der Waals surface area contributed by atoms with Crippen molar-refractivity contribution < 1.29 is 40.5 Å². The van der Waals surface area contributed by atoms with Crippen molar-refractivity contribution >= 4 is 20.0 Å². The van der Waals surface area contributed by atoms with Crippen LogP contribution < -0.4 is 0 Å². The molecule has 0 radical (unpaired) electrons. The highest BCUT2D eigenvalue weighted by Crippen LogP contribution is 2.33. The lowest BCUT2D eigenvalue weighted by Gasteiger charge is -2.38. The number of hydrogen-bond donors (Lipinski definition) is 0. The molecule has 3 heterocycles. The maximum absolute atomic E-state index is 11.7. The molecule has 0 bridgehead atoms. The quantitative estimate of drug-likeness (QED) is 0.327. The summed E-state index contributed by atoms with van der Waals surface area (Å²) in [6.07, 6.45) is 9.70. The molecule has 0 N–H and O–H groups in total. The van der Waals surface area contributed by atoms with Gasteiger partial charge in [0.25, 0.3) is 0 Å². The van der Waals surface area contributed by atoms with Gasteiger partial charge in [0.1, 0.15) is 6.10 Å². The third kappa shape index (κ3) is 16.1. The predicted molar refractivity (Wildman–Crippen MR) is 169 cm³/mol. The van der Waals surface area contributed by atoms with Crippen LogP contribution in [0.2, 0.25) is 0 Å². The summed E-state index contributed by atoms with van der Waals surface area (Å²) < 4.78 is 75.6. The van der Waals surface area contributed by atoms with Gasteiger partial charge in [0.15, 0.2) is 0 Å². The average Bonchev–Trinajstić information content (AvgIpc) is 3.73. The standard InChI is InChI=1S/C9H17NO3S.C9H19NO3S.C6H12O2.C6H12O/c1-7(2)13-8-5-10(6-8)14(11,12)9-3-4-9;1-8(2)13-9-4-6-10(7-5-9)14(3,11)12;1-5(2)8-6-3-7-4-6;1-5(2)7-6-3-4-6/h7-9H,3-6H2,1-2H3;8-9H,4-7H2,1-3H3;5-6H,3-4H2,1-2H3;5-6H,3-4H2,1-2H3. The number of rotatable bonds is 11. The number of nitrogens with zero attached hydrogens (tertiary/aromatic N) is 2. The Morgan fingerprint density at radius 3 is 1.26 bits per heavy atom. The molecule has 256 valence electrons. The lowest BCUT2D eigenvalue weighted by molar-refractivity contribution is -0.146. The van der Waals surface area contributed by atoms with Gasteiger partial charge in [0.2, 0.25) is 20.0 Å². The highest BCUT2D eigenvalue weighted by atomic mass is 32.2. The lowest BCUT2D eigenvalue weighted by atomic mass is 10.1. The molecule has 5 aliphatic rings. The van der Waals surface area contributed by atoms with E-state index in [1.54, 1.807) is 4.31 Å². The molecule has 2 saturated carbocycles. The van der Waals surface area contributed by atoms with Crippen molar-refractivity contribution in [2.24, 2.45) is 0 Å². The first-order valence-corrected chi connectivity index (χ1v) is 19.5. The first-order valence-electron chi connectivity index (χ1n) is 16.1. The summed E-state index contributed by atoms with van der Waals surface area (Å²) in [4.78, 5) is 0. The summed E-state index contributed by atoms with van der Waals surface area (Å²) in [5, 5.41) is -0.0810. The monoisotopic (exact) mass is 656 g/mol. The molecular weight excluding hydrogens is 596 g/mol. The molecular formula is C30H60N2O9S2. The van der Waals surface area contributed by atoms with Crippen LogP contribution >= 0.6 is 0 Å². The lowest BCUT2D eigenvalue weighted by Crippen LogP contribution is -2.56. The van der Waals surface area contributed by atoms with Crippen LogP contribution in [0.1, 0.15) is 93.9 Å². The van der Waals surface area contributed by atoms with Gasteiger partial charge < -0.3 is 23.7 Å². The van der Waals surface area contributed by atoms with Crippen molar-refractivity contribution in [2.75, 3.05) is 45.6 Å². The second kappa shape index (κ2) is 18.1. The van der Waals surface area contributed by atoms with E-state index in [1.807, 2.05) is 41.5 Å². The fraction of sp³-hybridized carbons (Fsp3) is 1.00. The molecule has 0 aromatic carbocycles. The predicted octanol–water partition coefficient (Wildman–Crippen LogP) is 3.81. The first kappa shape index (κ1) is 38.8. The van der Waals surface area contributed by atoms with Crippen LogP contribution in [0, 0.1) is 0 Å². The Morgan fingerprint density at radius 1 is 0.558 bits per heavy atom. The van der Waals surface area contributed by atoms with E-state index in [-0.39, 0.29) is 29.7 Å². The van der Waals surface area contributed by atoms with E-state index in [0.717, 1.165) is 38.9 Å². The van der Waals surface area contributed by atoms with Crippen molar-refractivity contribution in [1.82, 2.24) is 8.61 Å². The van der Waals surface area contributed by atoms with Crippen molar-refractivity contribution in [3.63, 3.8) is 0 Å². The summed E-state index contributed by atoms with van der Waals surface area (Å²) >= 11 is 0. The van der Waals surface area contributed by atoms with Gasteiger partial charge in [-0.1, -0.05) is 0 Å². The van der Waals surface area contributed by atoms with Crippen LogP contribution in [0.5, 0.6) is 0 Å². The van der Waals surface area contributed by atoms with Crippen LogP contribution in [-0.4, -0.2) is 125 Å². The Labute approximate surface area is 262 Å². The Bertz CT molecular complexity index is 979. The molecule has 0 atom stereocenters. The van der Waals surface area contributed by atoms with Crippen molar-refractivity contribution in [1.29, 1.82) is 0 Å². The molecule has 3 aliphatic heterocycles. The summed E-state index contributed by atoms with van der Waals surface area (Å²) in [5.41, 5.74) is 0. The van der Waals surface area contributed by atoms with E-state index in [0.29, 0.717) is 50.6 Å². The molecule has 0 aromatic rings. The van der Waals surface area contributed by atoms with Crippen LogP contribution in [0.25, 0.3) is 0 Å². The van der Waals surface area contributed by atoms with Gasteiger partial charge in [-0.25, -0.2) is 21.1 Å². The summed E-state index contributed by atoms with van der Waals surface area (Å²) in [7, 11) is -5.94. The van der Waals surface area contributed by atoms with Gasteiger partial charge in [-0.2, -0.15) is 4.31 Å². The minimum absolute atomic E-state index is 0.0810. The molecule has 13 heteroatoms. The Balaban J connectivity index is 0.000000209. The zero-order valence-electron chi connectivity index (χ0n) is 28.1. The molecule has 11 nitrogen and oxygen atoms in total. The number of sulfonamides is 2. The van der Waals surface area contributed by atoms with Crippen molar-refractivity contribution in [2.45, 2.75) is 148 Å². The molecule has 43 heavy (non-hydrogen) atoms. The zero-order valence-corrected chi connectivity index (χ0v) is 29.7. The van der Waals surface area contributed by atoms with Crippen LogP contribution in [0.4, 0.5) is 0 Å². The van der Waals surface area contributed by atoms with Crippen LogP contribution in [0.3, 0.4) is 0 Å². The molecule has 0 spiro atoms. The maximum atomic E-state index is 11.7. The van der Waals surface area contributed by atoms with Crippen LogP contribution in [0.15, 0.2) is 0 Å². The Kier molecular flexibility index (Phi) is 16.3.